The van der Waals surface area contributed by atoms with Gasteiger partial charge in [0.2, 0.25) is 0 Å². The fourth-order valence-corrected chi connectivity index (χ4v) is 5.04. The topological polar surface area (TPSA) is 35.5 Å². The van der Waals surface area contributed by atoms with Crippen LogP contribution in [-0.4, -0.2) is 46.8 Å². The first-order valence-corrected chi connectivity index (χ1v) is 9.71. The molecule has 1 aromatic rings. The maximum Gasteiger partial charge on any atom is 0.137 e. The van der Waals surface area contributed by atoms with Crippen LogP contribution < -0.4 is 10.6 Å². The van der Waals surface area contributed by atoms with E-state index in [-0.39, 0.29) is 6.29 Å². The molecule has 0 bridgehead atoms. The molecule has 5 heteroatoms. The molecule has 5 rings (SSSR count). The van der Waals surface area contributed by atoms with Gasteiger partial charge >= 0.3 is 0 Å². The zero-order valence-electron chi connectivity index (χ0n) is 14.7. The van der Waals surface area contributed by atoms with Gasteiger partial charge in [-0.2, -0.15) is 0 Å². The van der Waals surface area contributed by atoms with E-state index < -0.39 is 0 Å². The summed E-state index contributed by atoms with van der Waals surface area (Å²) in [5.74, 6) is 1.35. The maximum atomic E-state index is 3.96. The number of likely N-dealkylation sites (tertiary alicyclic amines) is 2. The van der Waals surface area contributed by atoms with Crippen molar-refractivity contribution < 1.29 is 0 Å². The van der Waals surface area contributed by atoms with Crippen molar-refractivity contribution in [1.29, 1.82) is 0 Å². The van der Waals surface area contributed by atoms with Gasteiger partial charge in [-0.1, -0.05) is 6.08 Å². The number of allylic oxidation sites excluding steroid dienone is 1. The molecule has 2 N–H and O–H groups in total. The summed E-state index contributed by atoms with van der Waals surface area (Å²) in [6.45, 7) is 4.86. The molecule has 2 unspecified atom stereocenters. The Labute approximate surface area is 144 Å². The van der Waals surface area contributed by atoms with Crippen LogP contribution in [0.2, 0.25) is 0 Å². The summed E-state index contributed by atoms with van der Waals surface area (Å²) in [4.78, 5) is 5.25. The molecule has 2 atom stereocenters. The summed E-state index contributed by atoms with van der Waals surface area (Å²) in [5.41, 5.74) is 4.49. The molecule has 4 aliphatic rings. The van der Waals surface area contributed by atoms with E-state index in [0.717, 1.165) is 0 Å². The van der Waals surface area contributed by atoms with Gasteiger partial charge in [0.15, 0.2) is 0 Å². The van der Waals surface area contributed by atoms with Crippen molar-refractivity contribution in [3.05, 3.63) is 22.9 Å². The Bertz CT molecular complexity index is 649. The monoisotopic (exact) mass is 327 g/mol. The summed E-state index contributed by atoms with van der Waals surface area (Å²) in [5, 5.41) is 7.80. The van der Waals surface area contributed by atoms with Crippen LogP contribution in [0.1, 0.15) is 55.1 Å². The third-order valence-electron chi connectivity index (χ3n) is 6.30. The third-order valence-corrected chi connectivity index (χ3v) is 6.30. The Kier molecular flexibility index (Phi) is 3.69. The fourth-order valence-electron chi connectivity index (χ4n) is 5.04. The Balaban J connectivity index is 1.57. The molecule has 5 nitrogen and oxygen atoms in total. The number of aromatic nitrogens is 1. The minimum absolute atomic E-state index is 0.268. The van der Waals surface area contributed by atoms with Gasteiger partial charge in [-0.25, -0.2) is 0 Å². The van der Waals surface area contributed by atoms with Gasteiger partial charge in [-0.15, -0.1) is 0 Å². The van der Waals surface area contributed by atoms with Crippen molar-refractivity contribution in [2.75, 3.05) is 31.5 Å². The van der Waals surface area contributed by atoms with Crippen molar-refractivity contribution in [1.82, 2.24) is 19.7 Å². The number of rotatable bonds is 2. The highest BCUT2D eigenvalue weighted by Crippen LogP contribution is 2.41. The molecule has 1 aliphatic carbocycles. The molecule has 2 fully saturated rings. The molecule has 0 radical (unpaired) electrons. The van der Waals surface area contributed by atoms with E-state index in [1.807, 2.05) is 0 Å². The Morgan fingerprint density at radius 1 is 1.00 bits per heavy atom. The molecule has 24 heavy (non-hydrogen) atoms. The first kappa shape index (κ1) is 15.0. The second-order valence-electron chi connectivity index (χ2n) is 7.73. The van der Waals surface area contributed by atoms with Crippen LogP contribution in [-0.2, 0) is 13.5 Å². The number of hydrogen-bond donors (Lipinski definition) is 2. The number of anilines is 1. The second-order valence-corrected chi connectivity index (χ2v) is 7.73. The minimum atomic E-state index is 0.268. The fraction of sp³-hybridized carbons (Fsp3) is 0.684. The number of hydrogen-bond acceptors (Lipinski definition) is 4. The predicted octanol–water partition coefficient (Wildman–Crippen LogP) is 2.47. The third kappa shape index (κ3) is 2.25. The number of nitrogens with zero attached hydrogens (tertiary/aromatic N) is 3. The normalized spacial score (nSPS) is 30.4. The van der Waals surface area contributed by atoms with Gasteiger partial charge in [0.25, 0.3) is 0 Å². The van der Waals surface area contributed by atoms with Gasteiger partial charge in [0.1, 0.15) is 12.1 Å². The van der Waals surface area contributed by atoms with Crippen LogP contribution >= 0.6 is 0 Å². The summed E-state index contributed by atoms with van der Waals surface area (Å²) in [6, 6.07) is 0. The van der Waals surface area contributed by atoms with E-state index in [4.69, 9.17) is 0 Å². The van der Waals surface area contributed by atoms with Crippen molar-refractivity contribution in [3.63, 3.8) is 0 Å². The first-order chi connectivity index (χ1) is 11.8. The van der Waals surface area contributed by atoms with Gasteiger partial charge in [-0.05, 0) is 63.3 Å². The largest absolute Gasteiger partial charge is 0.343 e. The van der Waals surface area contributed by atoms with E-state index in [1.165, 1.54) is 81.8 Å². The van der Waals surface area contributed by atoms with Crippen molar-refractivity contribution in [2.24, 2.45) is 7.05 Å². The van der Waals surface area contributed by atoms with Gasteiger partial charge in [-0.3, -0.25) is 15.1 Å². The van der Waals surface area contributed by atoms with Crippen LogP contribution in [0.5, 0.6) is 0 Å². The number of nitrogens with one attached hydrogen (secondary N) is 2. The second kappa shape index (κ2) is 5.90. The van der Waals surface area contributed by atoms with Crippen LogP contribution in [0.4, 0.5) is 5.82 Å². The molecular weight excluding hydrogens is 298 g/mol. The van der Waals surface area contributed by atoms with Gasteiger partial charge in [0, 0.05) is 31.4 Å². The van der Waals surface area contributed by atoms with Gasteiger partial charge in [0.05, 0.1) is 6.17 Å². The molecule has 1 aromatic heterocycles. The van der Waals surface area contributed by atoms with Crippen molar-refractivity contribution in [3.8, 4) is 0 Å². The summed E-state index contributed by atoms with van der Waals surface area (Å²) in [7, 11) is 2.23. The molecule has 2 saturated heterocycles. The first-order valence-electron chi connectivity index (χ1n) is 9.71. The molecular formula is C19H29N5. The molecule has 4 heterocycles. The van der Waals surface area contributed by atoms with E-state index in [0.29, 0.717) is 6.17 Å². The zero-order valence-corrected chi connectivity index (χ0v) is 14.7. The minimum Gasteiger partial charge on any atom is -0.343 e. The average molecular weight is 327 g/mol. The molecule has 3 aliphatic heterocycles. The summed E-state index contributed by atoms with van der Waals surface area (Å²) in [6.07, 6.45) is 13.0. The summed E-state index contributed by atoms with van der Waals surface area (Å²) >= 11 is 0. The SMILES string of the molecule is Cn1c2c(c3c1NC(N1CCCC1)NC3N1CCCC1)CCC=C2. The molecule has 0 spiro atoms. The Morgan fingerprint density at radius 3 is 2.46 bits per heavy atom. The van der Waals surface area contributed by atoms with Crippen molar-refractivity contribution in [2.45, 2.75) is 51.0 Å². The molecule has 130 valence electrons. The van der Waals surface area contributed by atoms with E-state index in [2.05, 4.69) is 44.2 Å². The van der Waals surface area contributed by atoms with Crippen LogP contribution in [0, 0.1) is 0 Å². The quantitative estimate of drug-likeness (QED) is 0.875. The Morgan fingerprint density at radius 2 is 1.71 bits per heavy atom. The molecule has 0 amide bonds. The smallest absolute Gasteiger partial charge is 0.137 e. The molecule has 0 saturated carbocycles. The highest BCUT2D eigenvalue weighted by atomic mass is 15.5. The van der Waals surface area contributed by atoms with Crippen molar-refractivity contribution >= 4 is 11.9 Å². The highest BCUT2D eigenvalue weighted by Gasteiger charge is 2.39. The number of fused-ring (bicyclic) bond motifs is 3. The maximum absolute atomic E-state index is 3.96. The van der Waals surface area contributed by atoms with E-state index in [9.17, 15) is 0 Å². The average Bonchev–Trinajstić information content (AvgIpc) is 3.36. The lowest BCUT2D eigenvalue weighted by molar-refractivity contribution is 0.123. The zero-order chi connectivity index (χ0) is 16.1. The van der Waals surface area contributed by atoms with Crippen LogP contribution in [0.3, 0.4) is 0 Å². The molecule has 0 aromatic carbocycles. The lowest BCUT2D eigenvalue weighted by Gasteiger charge is -2.42. The Hall–Kier alpha value is -1.30. The standard InChI is InChI=1S/C19H29N5/c1-22-15-9-3-2-8-14(15)16-17(22)20-19(24-12-6-7-13-24)21-18(16)23-10-4-5-11-23/h3,9,18-21H,2,4-8,10-13H2,1H3. The highest BCUT2D eigenvalue weighted by molar-refractivity contribution is 5.67. The van der Waals surface area contributed by atoms with E-state index >= 15 is 0 Å². The lowest BCUT2D eigenvalue weighted by atomic mass is 9.97. The van der Waals surface area contributed by atoms with E-state index in [1.54, 1.807) is 5.56 Å². The van der Waals surface area contributed by atoms with Crippen LogP contribution in [0.25, 0.3) is 6.08 Å². The van der Waals surface area contributed by atoms with Gasteiger partial charge < -0.3 is 9.88 Å². The lowest BCUT2D eigenvalue weighted by Crippen LogP contribution is -2.57. The summed E-state index contributed by atoms with van der Waals surface area (Å²) < 4.78 is 2.40. The predicted molar refractivity (Wildman–Crippen MR) is 97.7 cm³/mol. The van der Waals surface area contributed by atoms with Crippen LogP contribution in [0.15, 0.2) is 6.08 Å².